The molecule has 2 rings (SSSR count). The summed E-state index contributed by atoms with van der Waals surface area (Å²) >= 11 is 4.85. The van der Waals surface area contributed by atoms with Crippen LogP contribution in [0.1, 0.15) is 17.5 Å². The van der Waals surface area contributed by atoms with Crippen molar-refractivity contribution in [2.24, 2.45) is 5.73 Å². The Morgan fingerprint density at radius 1 is 1.50 bits per heavy atom. The van der Waals surface area contributed by atoms with Crippen molar-refractivity contribution in [3.05, 3.63) is 29.3 Å². The van der Waals surface area contributed by atoms with E-state index in [9.17, 15) is 13.2 Å². The maximum absolute atomic E-state index is 12.4. The van der Waals surface area contributed by atoms with Gasteiger partial charge in [0.1, 0.15) is 4.99 Å². The Kier molecular flexibility index (Phi) is 4.07. The average molecular weight is 313 g/mol. The molecule has 0 aromatic heterocycles. The van der Waals surface area contributed by atoms with Crippen LogP contribution in [0.3, 0.4) is 0 Å². The van der Waals surface area contributed by atoms with Crippen LogP contribution in [0, 0.1) is 6.92 Å². The van der Waals surface area contributed by atoms with Crippen LogP contribution in [0.15, 0.2) is 23.1 Å². The first kappa shape index (κ1) is 14.9. The molecule has 8 heteroatoms. The van der Waals surface area contributed by atoms with Crippen molar-refractivity contribution in [2.75, 3.05) is 6.54 Å². The van der Waals surface area contributed by atoms with Gasteiger partial charge in [0.2, 0.25) is 15.9 Å². The topological polar surface area (TPSA) is 101 Å². The summed E-state index contributed by atoms with van der Waals surface area (Å²) in [6, 6.07) is 4.35. The zero-order valence-corrected chi connectivity index (χ0v) is 12.5. The Labute approximate surface area is 122 Å². The van der Waals surface area contributed by atoms with E-state index in [0.717, 1.165) is 0 Å². The van der Waals surface area contributed by atoms with Crippen LogP contribution in [-0.2, 0) is 14.8 Å². The third-order valence-electron chi connectivity index (χ3n) is 3.06. The second kappa shape index (κ2) is 5.47. The SMILES string of the molecule is Cc1ccc(C(N)=S)cc1S(=O)(=O)NC1CNC(=O)C1. The molecule has 1 saturated heterocycles. The summed E-state index contributed by atoms with van der Waals surface area (Å²) in [6.45, 7) is 1.99. The van der Waals surface area contributed by atoms with Crippen LogP contribution < -0.4 is 15.8 Å². The van der Waals surface area contributed by atoms with Crippen LogP contribution >= 0.6 is 12.2 Å². The molecule has 0 bridgehead atoms. The first-order valence-electron chi connectivity index (χ1n) is 5.99. The van der Waals surface area contributed by atoms with Gasteiger partial charge < -0.3 is 11.1 Å². The molecule has 108 valence electrons. The van der Waals surface area contributed by atoms with Crippen molar-refractivity contribution in [1.29, 1.82) is 0 Å². The number of nitrogens with one attached hydrogen (secondary N) is 2. The zero-order chi connectivity index (χ0) is 14.9. The summed E-state index contributed by atoms with van der Waals surface area (Å²) in [4.78, 5) is 11.4. The molecule has 0 spiro atoms. The van der Waals surface area contributed by atoms with E-state index in [2.05, 4.69) is 10.0 Å². The summed E-state index contributed by atoms with van der Waals surface area (Å²) in [5.74, 6) is -0.161. The largest absolute Gasteiger partial charge is 0.389 e. The minimum Gasteiger partial charge on any atom is -0.389 e. The number of aryl methyl sites for hydroxylation is 1. The van der Waals surface area contributed by atoms with Crippen LogP contribution in [0.2, 0.25) is 0 Å². The molecule has 1 atom stereocenters. The fraction of sp³-hybridized carbons (Fsp3) is 0.333. The van der Waals surface area contributed by atoms with Gasteiger partial charge in [-0.05, 0) is 18.6 Å². The number of rotatable bonds is 4. The molecule has 20 heavy (non-hydrogen) atoms. The molecule has 0 saturated carbocycles. The highest BCUT2D eigenvalue weighted by molar-refractivity contribution is 7.89. The van der Waals surface area contributed by atoms with Gasteiger partial charge in [0.05, 0.1) is 4.90 Å². The van der Waals surface area contributed by atoms with E-state index in [-0.39, 0.29) is 22.2 Å². The molecule has 1 unspecified atom stereocenters. The van der Waals surface area contributed by atoms with Crippen molar-refractivity contribution in [3.8, 4) is 0 Å². The molecular formula is C12H15N3O3S2. The van der Waals surface area contributed by atoms with Gasteiger partial charge in [-0.2, -0.15) is 0 Å². The summed E-state index contributed by atoms with van der Waals surface area (Å²) in [6.07, 6.45) is 0.146. The fourth-order valence-electron chi connectivity index (χ4n) is 2.01. The molecule has 1 heterocycles. The zero-order valence-electron chi connectivity index (χ0n) is 10.8. The fourth-order valence-corrected chi connectivity index (χ4v) is 3.65. The summed E-state index contributed by atoms with van der Waals surface area (Å²) in [5.41, 5.74) is 6.60. The highest BCUT2D eigenvalue weighted by Gasteiger charge is 2.27. The van der Waals surface area contributed by atoms with Gasteiger partial charge in [-0.25, -0.2) is 13.1 Å². The molecule has 1 aromatic carbocycles. The van der Waals surface area contributed by atoms with Gasteiger partial charge in [-0.3, -0.25) is 4.79 Å². The summed E-state index contributed by atoms with van der Waals surface area (Å²) in [7, 11) is -3.71. The molecule has 0 radical (unpaired) electrons. The van der Waals surface area contributed by atoms with Crippen LogP contribution in [0.25, 0.3) is 0 Å². The van der Waals surface area contributed by atoms with E-state index in [1.165, 1.54) is 6.07 Å². The van der Waals surface area contributed by atoms with Crippen molar-refractivity contribution in [2.45, 2.75) is 24.3 Å². The first-order chi connectivity index (χ1) is 9.29. The average Bonchev–Trinajstić information content (AvgIpc) is 2.73. The van der Waals surface area contributed by atoms with Crippen molar-refractivity contribution in [1.82, 2.24) is 10.0 Å². The first-order valence-corrected chi connectivity index (χ1v) is 7.88. The van der Waals surface area contributed by atoms with Gasteiger partial charge in [0.15, 0.2) is 0 Å². The monoisotopic (exact) mass is 313 g/mol. The van der Waals surface area contributed by atoms with Crippen LogP contribution in [0.5, 0.6) is 0 Å². The van der Waals surface area contributed by atoms with Gasteiger partial charge >= 0.3 is 0 Å². The molecule has 6 nitrogen and oxygen atoms in total. The highest BCUT2D eigenvalue weighted by atomic mass is 32.2. The Balaban J connectivity index is 2.31. The Hall–Kier alpha value is -1.51. The molecule has 1 aliphatic rings. The number of sulfonamides is 1. The maximum Gasteiger partial charge on any atom is 0.241 e. The number of carbonyl (C=O) groups excluding carboxylic acids is 1. The van der Waals surface area contributed by atoms with Gasteiger partial charge in [0.25, 0.3) is 0 Å². The second-order valence-corrected chi connectivity index (χ2v) is 6.79. The van der Waals surface area contributed by atoms with E-state index < -0.39 is 16.1 Å². The molecule has 1 aromatic rings. The number of nitrogens with two attached hydrogens (primary N) is 1. The number of amides is 1. The summed E-state index contributed by atoms with van der Waals surface area (Å²) < 4.78 is 27.2. The van der Waals surface area contributed by atoms with Crippen LogP contribution in [0.4, 0.5) is 0 Å². The maximum atomic E-state index is 12.4. The van der Waals surface area contributed by atoms with Gasteiger partial charge in [-0.15, -0.1) is 0 Å². The highest BCUT2D eigenvalue weighted by Crippen LogP contribution is 2.18. The number of hydrogen-bond acceptors (Lipinski definition) is 4. The predicted octanol–water partition coefficient (Wildman–Crippen LogP) is -0.204. The van der Waals surface area contributed by atoms with Crippen LogP contribution in [-0.4, -0.2) is 31.9 Å². The van der Waals surface area contributed by atoms with Crippen molar-refractivity contribution in [3.63, 3.8) is 0 Å². The van der Waals surface area contributed by atoms with E-state index in [4.69, 9.17) is 18.0 Å². The minimum absolute atomic E-state index is 0.127. The molecule has 1 aliphatic heterocycles. The Morgan fingerprint density at radius 2 is 2.20 bits per heavy atom. The summed E-state index contributed by atoms with van der Waals surface area (Å²) in [5, 5.41) is 2.58. The normalized spacial score (nSPS) is 18.9. The van der Waals surface area contributed by atoms with E-state index in [0.29, 0.717) is 17.7 Å². The van der Waals surface area contributed by atoms with E-state index in [1.807, 2.05) is 0 Å². The minimum atomic E-state index is -3.71. The predicted molar refractivity (Wildman–Crippen MR) is 78.8 cm³/mol. The lowest BCUT2D eigenvalue weighted by molar-refractivity contribution is -0.119. The smallest absolute Gasteiger partial charge is 0.241 e. The van der Waals surface area contributed by atoms with E-state index in [1.54, 1.807) is 19.1 Å². The third-order valence-corrected chi connectivity index (χ3v) is 4.96. The van der Waals surface area contributed by atoms with Crippen molar-refractivity contribution >= 4 is 33.1 Å². The quantitative estimate of drug-likeness (QED) is 0.668. The molecule has 1 amide bonds. The van der Waals surface area contributed by atoms with Gasteiger partial charge in [0, 0.05) is 24.6 Å². The molecular weight excluding hydrogens is 298 g/mol. The lowest BCUT2D eigenvalue weighted by Gasteiger charge is -2.14. The number of hydrogen-bond donors (Lipinski definition) is 3. The lowest BCUT2D eigenvalue weighted by atomic mass is 10.1. The molecule has 1 fully saturated rings. The standard InChI is InChI=1S/C12H15N3O3S2/c1-7-2-3-8(12(13)19)4-10(7)20(17,18)15-9-5-11(16)14-6-9/h2-4,9,15H,5-6H2,1H3,(H2,13,19)(H,14,16). The van der Waals surface area contributed by atoms with E-state index >= 15 is 0 Å². The third kappa shape index (κ3) is 3.14. The number of carbonyl (C=O) groups is 1. The Morgan fingerprint density at radius 3 is 2.75 bits per heavy atom. The number of thiocarbonyl (C=S) groups is 1. The Bertz CT molecular complexity index is 671. The lowest BCUT2D eigenvalue weighted by Crippen LogP contribution is -2.36. The number of benzene rings is 1. The van der Waals surface area contributed by atoms with Gasteiger partial charge in [-0.1, -0.05) is 24.4 Å². The van der Waals surface area contributed by atoms with Crippen molar-refractivity contribution < 1.29 is 13.2 Å². The second-order valence-electron chi connectivity index (χ2n) is 4.67. The molecule has 4 N–H and O–H groups in total. The molecule has 0 aliphatic carbocycles.